The quantitative estimate of drug-likeness (QED) is 0.627. The number of rotatable bonds is 1. The van der Waals surface area contributed by atoms with Gasteiger partial charge in [0.15, 0.2) is 17.7 Å². The minimum absolute atomic E-state index is 0.0817. The van der Waals surface area contributed by atoms with Crippen LogP contribution in [-0.2, 0) is 0 Å². The van der Waals surface area contributed by atoms with Crippen LogP contribution in [0.3, 0.4) is 0 Å². The first-order valence-corrected chi connectivity index (χ1v) is 4.58. The lowest BCUT2D eigenvalue weighted by atomic mass is 10.2. The summed E-state index contributed by atoms with van der Waals surface area (Å²) in [6.07, 6.45) is 1.58. The van der Waals surface area contributed by atoms with Crippen molar-refractivity contribution in [2.45, 2.75) is 13.2 Å². The van der Waals surface area contributed by atoms with Gasteiger partial charge in [0, 0.05) is 0 Å². The average molecular weight is 223 g/mol. The van der Waals surface area contributed by atoms with Crippen molar-refractivity contribution in [3.63, 3.8) is 0 Å². The molecule has 1 unspecified atom stereocenters. The number of hydrogen-bond acceptors (Lipinski definition) is 5. The Kier molecular flexibility index (Phi) is 2.28. The van der Waals surface area contributed by atoms with Crippen LogP contribution in [0.2, 0.25) is 0 Å². The minimum Gasteiger partial charge on any atom is -0.502 e. The van der Waals surface area contributed by atoms with E-state index in [4.69, 9.17) is 4.42 Å². The Hall–Kier alpha value is -2.08. The summed E-state index contributed by atoms with van der Waals surface area (Å²) in [6, 6.07) is 0. The number of aliphatic hydroxyl groups is 1. The van der Waals surface area contributed by atoms with Gasteiger partial charge in [-0.2, -0.15) is 0 Å². The lowest BCUT2D eigenvalue weighted by Gasteiger charge is -2.03. The number of carbonyl (C=O) groups is 1. The van der Waals surface area contributed by atoms with Crippen LogP contribution < -0.4 is 10.7 Å². The van der Waals surface area contributed by atoms with Crippen molar-refractivity contribution in [2.24, 2.45) is 0 Å². The number of nitrogens with one attached hydrogen (secondary N) is 1. The number of allylic oxidation sites excluding steroid dienone is 1. The largest absolute Gasteiger partial charge is 0.502 e. The van der Waals surface area contributed by atoms with Gasteiger partial charge < -0.3 is 19.9 Å². The number of amides is 1. The number of hydrogen-bond donors (Lipinski definition) is 3. The molecule has 2 rings (SSSR count). The predicted molar refractivity (Wildman–Crippen MR) is 53.8 cm³/mol. The van der Waals surface area contributed by atoms with Crippen LogP contribution in [0.15, 0.2) is 15.3 Å². The lowest BCUT2D eigenvalue weighted by molar-refractivity contribution is 0.0820. The van der Waals surface area contributed by atoms with Crippen molar-refractivity contribution >= 4 is 12.0 Å². The molecule has 6 heteroatoms. The van der Waals surface area contributed by atoms with Gasteiger partial charge in [-0.3, -0.25) is 9.59 Å². The van der Waals surface area contributed by atoms with E-state index in [1.807, 2.05) is 0 Å². The summed E-state index contributed by atoms with van der Waals surface area (Å²) in [7, 11) is 0. The number of fused-ring (bicyclic) bond motifs is 1. The van der Waals surface area contributed by atoms with Gasteiger partial charge in [-0.05, 0) is 13.0 Å². The van der Waals surface area contributed by atoms with Crippen LogP contribution in [-0.4, -0.2) is 16.1 Å². The third-order valence-corrected chi connectivity index (χ3v) is 2.20. The molecule has 3 N–H and O–H groups in total. The summed E-state index contributed by atoms with van der Waals surface area (Å²) in [4.78, 5) is 22.9. The van der Waals surface area contributed by atoms with Crippen molar-refractivity contribution in [2.75, 3.05) is 0 Å². The number of carbonyl (C=O) groups excluding carboxylic acids is 1. The average Bonchev–Trinajstić information content (AvgIpc) is 2.50. The zero-order valence-corrected chi connectivity index (χ0v) is 8.35. The molecule has 2 heterocycles. The highest BCUT2D eigenvalue weighted by atomic mass is 16.4. The Labute approximate surface area is 89.8 Å². The molecule has 0 aromatic carbocycles. The molecule has 0 spiro atoms. The van der Waals surface area contributed by atoms with Crippen molar-refractivity contribution in [1.82, 2.24) is 5.32 Å². The van der Waals surface area contributed by atoms with Gasteiger partial charge >= 0.3 is 0 Å². The Morgan fingerprint density at radius 2 is 2.12 bits per heavy atom. The fourth-order valence-electron chi connectivity index (χ4n) is 1.49. The molecule has 0 saturated heterocycles. The molecule has 1 atom stereocenters. The van der Waals surface area contributed by atoms with Crippen molar-refractivity contribution in [1.29, 1.82) is 0 Å². The lowest BCUT2D eigenvalue weighted by Crippen LogP contribution is -2.21. The molecule has 16 heavy (non-hydrogen) atoms. The van der Waals surface area contributed by atoms with Crippen LogP contribution in [0.5, 0.6) is 5.75 Å². The van der Waals surface area contributed by atoms with E-state index >= 15 is 0 Å². The highest BCUT2D eigenvalue weighted by molar-refractivity contribution is 5.98. The maximum atomic E-state index is 11.6. The summed E-state index contributed by atoms with van der Waals surface area (Å²) >= 11 is 0. The molecular weight excluding hydrogens is 214 g/mol. The highest BCUT2D eigenvalue weighted by Gasteiger charge is 2.34. The fraction of sp³-hybridized carbons (Fsp3) is 0.200. The SMILES string of the molecule is CC=Cc1oc2c(c(=O)c1O)C(=O)NC2O. The monoisotopic (exact) mass is 223 g/mol. The van der Waals surface area contributed by atoms with Gasteiger partial charge in [0.05, 0.1) is 0 Å². The van der Waals surface area contributed by atoms with Crippen molar-refractivity contribution in [3.8, 4) is 5.75 Å². The molecular formula is C10H9NO5. The third kappa shape index (κ3) is 1.31. The van der Waals surface area contributed by atoms with E-state index in [0.717, 1.165) is 0 Å². The van der Waals surface area contributed by atoms with E-state index in [-0.39, 0.29) is 17.1 Å². The van der Waals surface area contributed by atoms with Crippen LogP contribution in [0, 0.1) is 0 Å². The molecule has 1 amide bonds. The second-order valence-corrected chi connectivity index (χ2v) is 3.26. The molecule has 0 aliphatic carbocycles. The molecule has 1 aliphatic rings. The van der Waals surface area contributed by atoms with Crippen LogP contribution >= 0.6 is 0 Å². The second-order valence-electron chi connectivity index (χ2n) is 3.26. The summed E-state index contributed by atoms with van der Waals surface area (Å²) in [5.41, 5.74) is -1.19. The Balaban J connectivity index is 2.76. The van der Waals surface area contributed by atoms with Crippen LogP contribution in [0.4, 0.5) is 0 Å². The maximum absolute atomic E-state index is 11.6. The van der Waals surface area contributed by atoms with E-state index in [9.17, 15) is 19.8 Å². The van der Waals surface area contributed by atoms with E-state index in [1.54, 1.807) is 13.0 Å². The van der Waals surface area contributed by atoms with Gasteiger partial charge in [0.1, 0.15) is 5.56 Å². The normalized spacial score (nSPS) is 18.9. The number of aromatic hydroxyl groups is 1. The Bertz CT molecular complexity index is 543. The summed E-state index contributed by atoms with van der Waals surface area (Å²) < 4.78 is 5.08. The molecule has 0 radical (unpaired) electrons. The van der Waals surface area contributed by atoms with Crippen molar-refractivity contribution in [3.05, 3.63) is 33.4 Å². The topological polar surface area (TPSA) is 99.8 Å². The summed E-state index contributed by atoms with van der Waals surface area (Å²) in [5.74, 6) is -1.64. The minimum atomic E-state index is -1.35. The Morgan fingerprint density at radius 1 is 1.44 bits per heavy atom. The Morgan fingerprint density at radius 3 is 2.75 bits per heavy atom. The van der Waals surface area contributed by atoms with Gasteiger partial charge in [0.25, 0.3) is 5.91 Å². The van der Waals surface area contributed by atoms with E-state index < -0.39 is 23.3 Å². The zero-order chi connectivity index (χ0) is 11.9. The smallest absolute Gasteiger partial charge is 0.261 e. The molecule has 1 aliphatic heterocycles. The molecule has 84 valence electrons. The third-order valence-electron chi connectivity index (χ3n) is 2.20. The fourth-order valence-corrected chi connectivity index (χ4v) is 1.49. The molecule has 1 aromatic rings. The van der Waals surface area contributed by atoms with E-state index in [1.165, 1.54) is 6.08 Å². The standard InChI is InChI=1S/C10H9NO5/c1-2-3-4-6(12)7(13)5-8(16-4)10(15)11-9(5)14/h2-3,10,12,15H,1H3,(H,11,14). The molecule has 1 aromatic heterocycles. The second kappa shape index (κ2) is 3.49. The maximum Gasteiger partial charge on any atom is 0.261 e. The van der Waals surface area contributed by atoms with Gasteiger partial charge in [0.2, 0.25) is 11.2 Å². The van der Waals surface area contributed by atoms with Gasteiger partial charge in [-0.25, -0.2) is 0 Å². The predicted octanol–water partition coefficient (Wildman–Crippen LogP) is 0.113. The summed E-state index contributed by atoms with van der Waals surface area (Å²) in [6.45, 7) is 1.67. The molecule has 0 fully saturated rings. The molecule has 0 bridgehead atoms. The van der Waals surface area contributed by atoms with Crippen molar-refractivity contribution < 1.29 is 19.4 Å². The van der Waals surface area contributed by atoms with E-state index in [2.05, 4.69) is 5.32 Å². The van der Waals surface area contributed by atoms with Crippen LogP contribution in [0.1, 0.15) is 35.0 Å². The first-order valence-electron chi connectivity index (χ1n) is 4.58. The van der Waals surface area contributed by atoms with E-state index in [0.29, 0.717) is 0 Å². The zero-order valence-electron chi connectivity index (χ0n) is 8.35. The summed E-state index contributed by atoms with van der Waals surface area (Å²) in [5, 5.41) is 21.0. The highest BCUT2D eigenvalue weighted by Crippen LogP contribution is 2.26. The van der Waals surface area contributed by atoms with Gasteiger partial charge in [-0.1, -0.05) is 6.08 Å². The molecule has 0 saturated carbocycles. The van der Waals surface area contributed by atoms with Gasteiger partial charge in [-0.15, -0.1) is 0 Å². The van der Waals surface area contributed by atoms with Crippen LogP contribution in [0.25, 0.3) is 6.08 Å². The number of aliphatic hydroxyl groups excluding tert-OH is 1. The first kappa shape index (κ1) is 10.4. The molecule has 6 nitrogen and oxygen atoms in total. The first-order chi connectivity index (χ1) is 7.56.